The Morgan fingerprint density at radius 1 is 1.04 bits per heavy atom. The number of hydrogen-bond donors (Lipinski definition) is 0. The summed E-state index contributed by atoms with van der Waals surface area (Å²) in [6.07, 6.45) is 2.18. The van der Waals surface area contributed by atoms with Gasteiger partial charge in [-0.25, -0.2) is 0 Å². The molecule has 136 valence electrons. The maximum absolute atomic E-state index is 12.5. The second-order valence-electron chi connectivity index (χ2n) is 7.74. The predicted molar refractivity (Wildman–Crippen MR) is 103 cm³/mol. The van der Waals surface area contributed by atoms with Gasteiger partial charge < -0.3 is 9.47 Å². The summed E-state index contributed by atoms with van der Waals surface area (Å²) in [5, 5.41) is 0. The van der Waals surface area contributed by atoms with Crippen LogP contribution in [-0.4, -0.2) is 5.97 Å². The van der Waals surface area contributed by atoms with Crippen LogP contribution < -0.4 is 4.74 Å². The quantitative estimate of drug-likeness (QED) is 0.491. The normalized spacial score (nSPS) is 20.2. The first kappa shape index (κ1) is 18.2. The van der Waals surface area contributed by atoms with Gasteiger partial charge >= 0.3 is 5.97 Å². The lowest BCUT2D eigenvalue weighted by molar-refractivity contribution is -0.147. The van der Waals surface area contributed by atoms with Crippen LogP contribution in [0, 0.1) is 17.3 Å². The Kier molecular flexibility index (Phi) is 5.17. The van der Waals surface area contributed by atoms with Crippen LogP contribution in [0.15, 0.2) is 66.2 Å². The molecule has 0 bridgehead atoms. The minimum atomic E-state index is -0.119. The van der Waals surface area contributed by atoms with Crippen LogP contribution in [0.3, 0.4) is 0 Å². The van der Waals surface area contributed by atoms with Gasteiger partial charge in [-0.15, -0.1) is 0 Å². The minimum Gasteiger partial charge on any atom is -0.461 e. The zero-order valence-electron chi connectivity index (χ0n) is 15.9. The summed E-state index contributed by atoms with van der Waals surface area (Å²) < 4.78 is 11.4. The van der Waals surface area contributed by atoms with E-state index >= 15 is 0 Å². The van der Waals surface area contributed by atoms with Gasteiger partial charge in [-0.3, -0.25) is 4.79 Å². The number of hydrogen-bond acceptors (Lipinski definition) is 3. The van der Waals surface area contributed by atoms with Gasteiger partial charge in [0.25, 0.3) is 0 Å². The van der Waals surface area contributed by atoms with E-state index in [1.165, 1.54) is 5.57 Å². The first-order valence-corrected chi connectivity index (χ1v) is 9.01. The predicted octanol–water partition coefficient (Wildman–Crippen LogP) is 5.76. The summed E-state index contributed by atoms with van der Waals surface area (Å²) >= 11 is 0. The fraction of sp³-hybridized carbons (Fsp3) is 0.348. The highest BCUT2D eigenvalue weighted by Gasteiger charge is 2.61. The summed E-state index contributed by atoms with van der Waals surface area (Å²) in [6, 6.07) is 17.3. The molecule has 0 saturated heterocycles. The molecular weight excluding hydrogens is 324 g/mol. The van der Waals surface area contributed by atoms with Gasteiger partial charge in [0.2, 0.25) is 0 Å². The summed E-state index contributed by atoms with van der Waals surface area (Å²) in [5.74, 6) is 1.62. The molecule has 3 rings (SSSR count). The van der Waals surface area contributed by atoms with Crippen molar-refractivity contribution in [2.24, 2.45) is 17.3 Å². The van der Waals surface area contributed by atoms with Crippen molar-refractivity contribution in [1.29, 1.82) is 0 Å². The molecule has 2 aromatic carbocycles. The summed E-state index contributed by atoms with van der Waals surface area (Å²) in [5.41, 5.74) is 2.14. The highest BCUT2D eigenvalue weighted by Crippen LogP contribution is 2.59. The van der Waals surface area contributed by atoms with Gasteiger partial charge in [0, 0.05) is 0 Å². The van der Waals surface area contributed by atoms with E-state index in [4.69, 9.17) is 9.47 Å². The van der Waals surface area contributed by atoms with Crippen molar-refractivity contribution in [3.63, 3.8) is 0 Å². The Morgan fingerprint density at radius 2 is 1.73 bits per heavy atom. The van der Waals surface area contributed by atoms with Crippen molar-refractivity contribution in [2.45, 2.75) is 34.3 Å². The lowest BCUT2D eigenvalue weighted by Gasteiger charge is -2.09. The maximum atomic E-state index is 12.5. The van der Waals surface area contributed by atoms with E-state index in [-0.39, 0.29) is 29.8 Å². The lowest BCUT2D eigenvalue weighted by Crippen LogP contribution is -2.10. The Labute approximate surface area is 155 Å². The molecule has 1 fully saturated rings. The van der Waals surface area contributed by atoms with Crippen molar-refractivity contribution < 1.29 is 14.3 Å². The van der Waals surface area contributed by atoms with Gasteiger partial charge in [-0.2, -0.15) is 0 Å². The van der Waals surface area contributed by atoms with Crippen LogP contribution in [-0.2, 0) is 16.1 Å². The summed E-state index contributed by atoms with van der Waals surface area (Å²) in [6.45, 7) is 8.64. The second kappa shape index (κ2) is 7.36. The molecule has 1 saturated carbocycles. The fourth-order valence-electron chi connectivity index (χ4n) is 3.37. The zero-order valence-corrected chi connectivity index (χ0v) is 15.9. The fourth-order valence-corrected chi connectivity index (χ4v) is 3.37. The Hall–Kier alpha value is -2.55. The molecule has 0 aliphatic heterocycles. The standard InChI is InChI=1S/C23H26O3/c1-16(2)13-20-21(23(20,3)4)22(24)25-15-17-9-8-12-19(14-17)26-18-10-6-5-7-11-18/h5-14,20-21H,15H2,1-4H3/t20-,21+/m0/s1. The van der Waals surface area contributed by atoms with Gasteiger partial charge in [-0.1, -0.05) is 55.8 Å². The average molecular weight is 350 g/mol. The van der Waals surface area contributed by atoms with Crippen LogP contribution in [0.25, 0.3) is 0 Å². The topological polar surface area (TPSA) is 35.5 Å². The van der Waals surface area contributed by atoms with E-state index in [9.17, 15) is 4.79 Å². The first-order valence-electron chi connectivity index (χ1n) is 9.01. The Balaban J connectivity index is 1.59. The average Bonchev–Trinajstić information content (AvgIpc) is 3.13. The number of carbonyl (C=O) groups excluding carboxylic acids is 1. The molecule has 0 amide bonds. The van der Waals surface area contributed by atoms with Crippen LogP contribution in [0.2, 0.25) is 0 Å². The van der Waals surface area contributed by atoms with E-state index in [1.54, 1.807) is 0 Å². The number of allylic oxidation sites excluding steroid dienone is 2. The number of esters is 1. The highest BCUT2D eigenvalue weighted by atomic mass is 16.5. The second-order valence-corrected chi connectivity index (χ2v) is 7.74. The van der Waals surface area contributed by atoms with E-state index < -0.39 is 0 Å². The Morgan fingerprint density at radius 3 is 2.42 bits per heavy atom. The molecule has 1 aliphatic carbocycles. The van der Waals surface area contributed by atoms with E-state index in [2.05, 4.69) is 33.8 Å². The molecule has 0 heterocycles. The lowest BCUT2D eigenvalue weighted by atomic mass is 10.1. The number of ether oxygens (including phenoxy) is 2. The molecule has 1 aliphatic rings. The Bertz CT molecular complexity index is 801. The molecule has 0 radical (unpaired) electrons. The number of benzene rings is 2. The molecule has 2 aromatic rings. The largest absolute Gasteiger partial charge is 0.461 e. The number of para-hydroxylation sites is 1. The summed E-state index contributed by atoms with van der Waals surface area (Å²) in [7, 11) is 0. The minimum absolute atomic E-state index is 0.0212. The highest BCUT2D eigenvalue weighted by molar-refractivity contribution is 5.78. The van der Waals surface area contributed by atoms with Crippen LogP contribution in [0.1, 0.15) is 33.3 Å². The van der Waals surface area contributed by atoms with E-state index in [1.807, 2.05) is 54.6 Å². The van der Waals surface area contributed by atoms with Crippen molar-refractivity contribution >= 4 is 5.97 Å². The van der Waals surface area contributed by atoms with Gasteiger partial charge in [0.15, 0.2) is 0 Å². The van der Waals surface area contributed by atoms with E-state index in [0.717, 1.165) is 17.1 Å². The van der Waals surface area contributed by atoms with Crippen molar-refractivity contribution in [1.82, 2.24) is 0 Å². The molecule has 3 heteroatoms. The van der Waals surface area contributed by atoms with Crippen molar-refractivity contribution in [2.75, 3.05) is 0 Å². The molecule has 0 spiro atoms. The van der Waals surface area contributed by atoms with Gasteiger partial charge in [0.1, 0.15) is 18.1 Å². The van der Waals surface area contributed by atoms with Crippen LogP contribution >= 0.6 is 0 Å². The SMILES string of the molecule is CC(C)=C[C@H]1[C@H](C(=O)OCc2cccc(Oc3ccccc3)c2)C1(C)C. The third kappa shape index (κ3) is 4.16. The van der Waals surface area contributed by atoms with Gasteiger partial charge in [0.05, 0.1) is 5.92 Å². The molecule has 3 nitrogen and oxygen atoms in total. The summed E-state index contributed by atoms with van der Waals surface area (Å²) in [4.78, 5) is 12.5. The van der Waals surface area contributed by atoms with Crippen molar-refractivity contribution in [3.05, 3.63) is 71.8 Å². The molecule has 2 atom stereocenters. The monoisotopic (exact) mass is 350 g/mol. The molecule has 0 unspecified atom stereocenters. The molecule has 0 N–H and O–H groups in total. The van der Waals surface area contributed by atoms with Crippen LogP contribution in [0.4, 0.5) is 0 Å². The number of carbonyl (C=O) groups is 1. The molecule has 0 aromatic heterocycles. The zero-order chi connectivity index (χ0) is 18.7. The first-order chi connectivity index (χ1) is 12.4. The molecular formula is C23H26O3. The maximum Gasteiger partial charge on any atom is 0.310 e. The van der Waals surface area contributed by atoms with Crippen LogP contribution in [0.5, 0.6) is 11.5 Å². The molecule has 26 heavy (non-hydrogen) atoms. The smallest absolute Gasteiger partial charge is 0.310 e. The van der Waals surface area contributed by atoms with E-state index in [0.29, 0.717) is 0 Å². The van der Waals surface area contributed by atoms with Gasteiger partial charge in [-0.05, 0) is 55.0 Å². The third-order valence-corrected chi connectivity index (χ3v) is 4.94. The van der Waals surface area contributed by atoms with Crippen molar-refractivity contribution in [3.8, 4) is 11.5 Å². The third-order valence-electron chi connectivity index (χ3n) is 4.94. The number of rotatable bonds is 6.